The summed E-state index contributed by atoms with van der Waals surface area (Å²) in [7, 11) is 1.25. The molecule has 6 heteroatoms. The van der Waals surface area contributed by atoms with Gasteiger partial charge in [0.25, 0.3) is 0 Å². The van der Waals surface area contributed by atoms with Crippen LogP contribution in [0.4, 0.5) is 17.3 Å². The monoisotopic (exact) mass is 282 g/mol. The third-order valence-corrected chi connectivity index (χ3v) is 2.83. The summed E-state index contributed by atoms with van der Waals surface area (Å²) in [5.41, 5.74) is 7.64. The standard InChI is InChI=1S/C15H14N4O2/c1-9-4-3-5-11(6-9)18-14-13(15(20)21-2)10(8-16)7-12(17)19-14/h3-7H,1-2H3,(H3,17,18,19). The summed E-state index contributed by atoms with van der Waals surface area (Å²) in [4.78, 5) is 16.0. The van der Waals surface area contributed by atoms with E-state index in [9.17, 15) is 4.79 Å². The lowest BCUT2D eigenvalue weighted by Crippen LogP contribution is -2.11. The molecule has 0 aliphatic rings. The molecule has 2 rings (SSSR count). The minimum atomic E-state index is -0.644. The second kappa shape index (κ2) is 5.92. The lowest BCUT2D eigenvalue weighted by atomic mass is 10.1. The summed E-state index contributed by atoms with van der Waals surface area (Å²) in [5, 5.41) is 12.2. The van der Waals surface area contributed by atoms with Crippen LogP contribution in [0.1, 0.15) is 21.5 Å². The average Bonchev–Trinajstić information content (AvgIpc) is 2.46. The number of carbonyl (C=O) groups excluding carboxylic acids is 1. The third kappa shape index (κ3) is 3.09. The van der Waals surface area contributed by atoms with Crippen molar-refractivity contribution in [3.8, 4) is 6.07 Å². The van der Waals surface area contributed by atoms with Crippen molar-refractivity contribution in [3.05, 3.63) is 47.0 Å². The van der Waals surface area contributed by atoms with Crippen molar-refractivity contribution >= 4 is 23.3 Å². The Morgan fingerprint density at radius 2 is 2.19 bits per heavy atom. The Morgan fingerprint density at radius 1 is 1.43 bits per heavy atom. The Bertz CT molecular complexity index is 735. The van der Waals surface area contributed by atoms with Crippen LogP contribution in [0.3, 0.4) is 0 Å². The number of nitrogens with zero attached hydrogens (tertiary/aromatic N) is 2. The van der Waals surface area contributed by atoms with Gasteiger partial charge < -0.3 is 15.8 Å². The SMILES string of the molecule is COC(=O)c1c(C#N)cc(N)nc1Nc1cccc(C)c1. The largest absolute Gasteiger partial charge is 0.465 e. The molecule has 0 saturated heterocycles. The van der Waals surface area contributed by atoms with Gasteiger partial charge in [0.1, 0.15) is 23.3 Å². The second-order valence-corrected chi connectivity index (χ2v) is 4.42. The predicted octanol–water partition coefficient (Wildman–Crippen LogP) is 2.37. The maximum absolute atomic E-state index is 11.9. The molecule has 21 heavy (non-hydrogen) atoms. The molecule has 1 heterocycles. The smallest absolute Gasteiger partial charge is 0.343 e. The molecular weight excluding hydrogens is 268 g/mol. The van der Waals surface area contributed by atoms with Crippen molar-refractivity contribution in [3.63, 3.8) is 0 Å². The van der Waals surface area contributed by atoms with Gasteiger partial charge in [0.15, 0.2) is 0 Å². The molecule has 0 atom stereocenters. The zero-order valence-electron chi connectivity index (χ0n) is 11.7. The van der Waals surface area contributed by atoms with Crippen LogP contribution in [0.15, 0.2) is 30.3 Å². The molecule has 106 valence electrons. The predicted molar refractivity (Wildman–Crippen MR) is 79.2 cm³/mol. The minimum absolute atomic E-state index is 0.0655. The average molecular weight is 282 g/mol. The van der Waals surface area contributed by atoms with Crippen LogP contribution in [0.2, 0.25) is 0 Å². The highest BCUT2D eigenvalue weighted by molar-refractivity contribution is 5.98. The molecule has 0 radical (unpaired) electrons. The number of hydrogen-bond donors (Lipinski definition) is 2. The number of ether oxygens (including phenoxy) is 1. The molecule has 0 aliphatic carbocycles. The van der Waals surface area contributed by atoms with Gasteiger partial charge in [-0.05, 0) is 30.7 Å². The summed E-state index contributed by atoms with van der Waals surface area (Å²) in [5.74, 6) is -0.299. The maximum Gasteiger partial charge on any atom is 0.343 e. The normalized spacial score (nSPS) is 9.76. The van der Waals surface area contributed by atoms with E-state index in [-0.39, 0.29) is 22.8 Å². The van der Waals surface area contributed by atoms with Gasteiger partial charge in [-0.15, -0.1) is 0 Å². The van der Waals surface area contributed by atoms with E-state index in [2.05, 4.69) is 10.3 Å². The van der Waals surface area contributed by atoms with Crippen molar-refractivity contribution in [1.82, 2.24) is 4.98 Å². The number of nitrogens with one attached hydrogen (secondary N) is 1. The highest BCUT2D eigenvalue weighted by Gasteiger charge is 2.20. The van der Waals surface area contributed by atoms with Crippen LogP contribution in [-0.2, 0) is 4.74 Å². The quantitative estimate of drug-likeness (QED) is 0.838. The number of esters is 1. The summed E-state index contributed by atoms with van der Waals surface area (Å²) in [6.45, 7) is 1.94. The van der Waals surface area contributed by atoms with E-state index in [1.807, 2.05) is 37.3 Å². The van der Waals surface area contributed by atoms with E-state index in [1.165, 1.54) is 13.2 Å². The highest BCUT2D eigenvalue weighted by atomic mass is 16.5. The molecular formula is C15H14N4O2. The fourth-order valence-corrected chi connectivity index (χ4v) is 1.91. The van der Waals surface area contributed by atoms with Gasteiger partial charge in [-0.2, -0.15) is 5.26 Å². The number of nitrogen functional groups attached to an aromatic ring is 1. The molecule has 0 saturated carbocycles. The number of rotatable bonds is 3. The number of aromatic nitrogens is 1. The topological polar surface area (TPSA) is 101 Å². The number of anilines is 3. The van der Waals surface area contributed by atoms with E-state index in [0.29, 0.717) is 0 Å². The van der Waals surface area contributed by atoms with Gasteiger partial charge in [-0.3, -0.25) is 0 Å². The van der Waals surface area contributed by atoms with Gasteiger partial charge >= 0.3 is 5.97 Å². The summed E-state index contributed by atoms with van der Waals surface area (Å²) in [6, 6.07) is 10.8. The van der Waals surface area contributed by atoms with E-state index in [1.54, 1.807) is 0 Å². The van der Waals surface area contributed by atoms with Gasteiger partial charge in [0.2, 0.25) is 0 Å². The molecule has 1 aromatic heterocycles. The fraction of sp³-hybridized carbons (Fsp3) is 0.133. The van der Waals surface area contributed by atoms with Crippen molar-refractivity contribution in [1.29, 1.82) is 5.26 Å². The fourth-order valence-electron chi connectivity index (χ4n) is 1.91. The Labute approximate surface area is 122 Å². The number of benzene rings is 1. The number of methoxy groups -OCH3 is 1. The number of nitriles is 1. The van der Waals surface area contributed by atoms with E-state index in [0.717, 1.165) is 11.3 Å². The first-order chi connectivity index (χ1) is 10.0. The van der Waals surface area contributed by atoms with Gasteiger partial charge in [0.05, 0.1) is 12.7 Å². The van der Waals surface area contributed by atoms with E-state index < -0.39 is 5.97 Å². The summed E-state index contributed by atoms with van der Waals surface area (Å²) < 4.78 is 4.71. The first-order valence-electron chi connectivity index (χ1n) is 6.17. The van der Waals surface area contributed by atoms with Crippen LogP contribution in [0, 0.1) is 18.3 Å². The van der Waals surface area contributed by atoms with Crippen molar-refractivity contribution in [2.75, 3.05) is 18.2 Å². The van der Waals surface area contributed by atoms with Gasteiger partial charge in [-0.1, -0.05) is 12.1 Å². The third-order valence-electron chi connectivity index (χ3n) is 2.83. The molecule has 3 N–H and O–H groups in total. The Kier molecular flexibility index (Phi) is 4.05. The molecule has 6 nitrogen and oxygen atoms in total. The summed E-state index contributed by atoms with van der Waals surface area (Å²) in [6.07, 6.45) is 0. The molecule has 2 aromatic rings. The first-order valence-corrected chi connectivity index (χ1v) is 6.17. The number of hydrogen-bond acceptors (Lipinski definition) is 6. The Morgan fingerprint density at radius 3 is 2.81 bits per heavy atom. The lowest BCUT2D eigenvalue weighted by Gasteiger charge is -2.12. The number of nitrogens with two attached hydrogens (primary N) is 1. The van der Waals surface area contributed by atoms with E-state index in [4.69, 9.17) is 15.7 Å². The molecule has 0 unspecified atom stereocenters. The number of pyridine rings is 1. The number of carbonyl (C=O) groups is 1. The molecule has 0 fully saturated rings. The second-order valence-electron chi connectivity index (χ2n) is 4.42. The van der Waals surface area contributed by atoms with Crippen LogP contribution in [0.5, 0.6) is 0 Å². The molecule has 0 aliphatic heterocycles. The molecule has 0 amide bonds. The van der Waals surface area contributed by atoms with Crippen LogP contribution >= 0.6 is 0 Å². The van der Waals surface area contributed by atoms with Crippen LogP contribution in [-0.4, -0.2) is 18.1 Å². The molecule has 0 bridgehead atoms. The van der Waals surface area contributed by atoms with Crippen molar-refractivity contribution in [2.24, 2.45) is 0 Å². The molecule has 1 aromatic carbocycles. The lowest BCUT2D eigenvalue weighted by molar-refractivity contribution is 0.0601. The number of aryl methyl sites for hydroxylation is 1. The zero-order valence-corrected chi connectivity index (χ0v) is 11.7. The summed E-state index contributed by atoms with van der Waals surface area (Å²) >= 11 is 0. The van der Waals surface area contributed by atoms with Crippen LogP contribution < -0.4 is 11.1 Å². The van der Waals surface area contributed by atoms with Crippen LogP contribution in [0.25, 0.3) is 0 Å². The Hall–Kier alpha value is -3.07. The zero-order chi connectivity index (χ0) is 15.4. The van der Waals surface area contributed by atoms with Crippen molar-refractivity contribution in [2.45, 2.75) is 6.92 Å². The highest BCUT2D eigenvalue weighted by Crippen LogP contribution is 2.25. The maximum atomic E-state index is 11.9. The Balaban J connectivity index is 2.54. The van der Waals surface area contributed by atoms with Gasteiger partial charge in [-0.25, -0.2) is 9.78 Å². The minimum Gasteiger partial charge on any atom is -0.465 e. The van der Waals surface area contributed by atoms with E-state index >= 15 is 0 Å². The van der Waals surface area contributed by atoms with Gasteiger partial charge in [0, 0.05) is 5.69 Å². The van der Waals surface area contributed by atoms with Crippen molar-refractivity contribution < 1.29 is 9.53 Å². The molecule has 0 spiro atoms. The first kappa shape index (κ1) is 14.3.